The van der Waals surface area contributed by atoms with Crippen molar-refractivity contribution in [1.82, 2.24) is 20.1 Å². The van der Waals surface area contributed by atoms with E-state index < -0.39 is 29.7 Å². The van der Waals surface area contributed by atoms with Gasteiger partial charge in [0.25, 0.3) is 11.8 Å². The van der Waals surface area contributed by atoms with Crippen LogP contribution in [0.5, 0.6) is 0 Å². The SMILES string of the molecule is CN(CCCCCCOCCOCCNc1cccc2c1C(=O)N(C1CCC(=O)NC1=O)C2=O)[C@H]1CC[C@]2(C)C3CC[C@]4(C)[C@@H](c5ccc6ccncc6c5)CC[C@H]4C3CC[C@H]2C1. The summed E-state index contributed by atoms with van der Waals surface area (Å²) in [6.45, 7) is 9.18. The first-order chi connectivity index (χ1) is 30.6. The molecule has 0 spiro atoms. The molecule has 338 valence electrons. The van der Waals surface area contributed by atoms with E-state index in [0.29, 0.717) is 48.8 Å². The van der Waals surface area contributed by atoms with Crippen molar-refractivity contribution in [3.05, 3.63) is 71.5 Å². The van der Waals surface area contributed by atoms with Crippen LogP contribution < -0.4 is 10.6 Å². The lowest BCUT2D eigenvalue weighted by Crippen LogP contribution is -2.55. The molecular weight excluding hydrogens is 791 g/mol. The van der Waals surface area contributed by atoms with Gasteiger partial charge in [0.2, 0.25) is 11.8 Å². The molecule has 11 heteroatoms. The molecule has 5 fully saturated rings. The molecule has 0 radical (unpaired) electrons. The number of benzene rings is 2. The van der Waals surface area contributed by atoms with Crippen LogP contribution in [-0.4, -0.2) is 97.1 Å². The van der Waals surface area contributed by atoms with Crippen LogP contribution in [0.3, 0.4) is 0 Å². The van der Waals surface area contributed by atoms with Crippen molar-refractivity contribution >= 4 is 40.1 Å². The van der Waals surface area contributed by atoms with Crippen molar-refractivity contribution in [2.24, 2.45) is 34.5 Å². The lowest BCUT2D eigenvalue weighted by molar-refractivity contribution is -0.136. The first-order valence-electron chi connectivity index (χ1n) is 24.3. The van der Waals surface area contributed by atoms with Crippen LogP contribution in [-0.2, 0) is 19.1 Å². The summed E-state index contributed by atoms with van der Waals surface area (Å²) in [5, 5.41) is 8.04. The highest BCUT2D eigenvalue weighted by Crippen LogP contribution is 2.69. The van der Waals surface area contributed by atoms with Gasteiger partial charge in [-0.15, -0.1) is 0 Å². The third kappa shape index (κ3) is 8.59. The summed E-state index contributed by atoms with van der Waals surface area (Å²) in [7, 11) is 2.38. The number of amides is 4. The Kier molecular flexibility index (Phi) is 13.1. The smallest absolute Gasteiger partial charge is 0.264 e. The van der Waals surface area contributed by atoms with Crippen molar-refractivity contribution < 1.29 is 28.7 Å². The standard InChI is InChI=1S/C52H69N5O6/c1-51-22-19-38(32-37(51)13-14-39-42-16-15-41(52(42,2)23-20-43(39)51)35-12-11-34-21-24-53-33-36(34)31-35)56(3)26-6-4-5-7-27-62-29-30-63-28-25-54-44-10-8-9-40-47(44)50(61)57(49(40)60)45-17-18-46(58)55-48(45)59/h8-12,21,24,31,33,37-39,41-43,45,54H,4-7,13-20,22-23,25-30,32H2,1-3H3,(H,55,58,59)/t37-,38-,39?,41+,42-,43?,45?,51-,52+/m0/s1. The fourth-order valence-electron chi connectivity index (χ4n) is 13.8. The summed E-state index contributed by atoms with van der Waals surface area (Å²) in [6.07, 6.45) is 21.5. The van der Waals surface area contributed by atoms with Crippen molar-refractivity contribution in [1.29, 1.82) is 0 Å². The maximum Gasteiger partial charge on any atom is 0.264 e. The van der Waals surface area contributed by atoms with Gasteiger partial charge in [-0.25, -0.2) is 0 Å². The molecule has 0 bridgehead atoms. The number of aromatic nitrogens is 1. The third-order valence-electron chi connectivity index (χ3n) is 17.3. The number of nitrogens with zero attached hydrogens (tertiary/aromatic N) is 3. The van der Waals surface area contributed by atoms with Gasteiger partial charge in [-0.05, 0) is 166 Å². The van der Waals surface area contributed by atoms with E-state index >= 15 is 0 Å². The fourth-order valence-corrected chi connectivity index (χ4v) is 13.8. The maximum absolute atomic E-state index is 13.3. The largest absolute Gasteiger partial charge is 0.382 e. The normalized spacial score (nSPS) is 31.5. The molecule has 4 amide bonds. The van der Waals surface area contributed by atoms with E-state index in [0.717, 1.165) is 47.6 Å². The summed E-state index contributed by atoms with van der Waals surface area (Å²) in [5.41, 5.74) is 3.52. The van der Waals surface area contributed by atoms with Gasteiger partial charge in [0.05, 0.1) is 30.9 Å². The molecule has 2 aromatic carbocycles. The number of pyridine rings is 1. The number of imide groups is 2. The molecule has 63 heavy (non-hydrogen) atoms. The lowest BCUT2D eigenvalue weighted by Gasteiger charge is -2.61. The fraction of sp³-hybridized carbons (Fsp3) is 0.635. The number of anilines is 1. The summed E-state index contributed by atoms with van der Waals surface area (Å²) >= 11 is 0. The molecule has 1 saturated heterocycles. The highest BCUT2D eigenvalue weighted by molar-refractivity contribution is 6.25. The number of hydrogen-bond donors (Lipinski definition) is 2. The second-order valence-electron chi connectivity index (χ2n) is 20.5. The topological polar surface area (TPSA) is 130 Å². The Labute approximate surface area is 373 Å². The van der Waals surface area contributed by atoms with E-state index in [-0.39, 0.29) is 24.0 Å². The lowest BCUT2D eigenvalue weighted by atomic mass is 9.44. The monoisotopic (exact) mass is 860 g/mol. The zero-order valence-corrected chi connectivity index (χ0v) is 37.9. The minimum atomic E-state index is -0.987. The number of piperidine rings is 1. The molecule has 4 aliphatic carbocycles. The number of unbranched alkanes of at least 4 members (excludes halogenated alkanes) is 3. The van der Waals surface area contributed by atoms with Crippen LogP contribution in [0.4, 0.5) is 5.69 Å². The number of nitrogens with one attached hydrogen (secondary N) is 2. The van der Waals surface area contributed by atoms with Crippen molar-refractivity contribution in [3.8, 4) is 0 Å². The summed E-state index contributed by atoms with van der Waals surface area (Å²) in [4.78, 5) is 58.5. The quantitative estimate of drug-likeness (QED) is 0.101. The van der Waals surface area contributed by atoms with Gasteiger partial charge in [-0.2, -0.15) is 0 Å². The van der Waals surface area contributed by atoms with E-state index in [1.54, 1.807) is 23.8 Å². The number of carbonyl (C=O) groups excluding carboxylic acids is 4. The van der Waals surface area contributed by atoms with Crippen molar-refractivity contribution in [2.75, 3.05) is 51.9 Å². The summed E-state index contributed by atoms with van der Waals surface area (Å²) in [5.74, 6) is 2.17. The van der Waals surface area contributed by atoms with E-state index in [1.807, 2.05) is 12.4 Å². The predicted molar refractivity (Wildman–Crippen MR) is 244 cm³/mol. The predicted octanol–water partition coefficient (Wildman–Crippen LogP) is 8.77. The van der Waals surface area contributed by atoms with E-state index in [4.69, 9.17) is 9.47 Å². The van der Waals surface area contributed by atoms with Gasteiger partial charge < -0.3 is 19.7 Å². The Morgan fingerprint density at radius 2 is 1.62 bits per heavy atom. The van der Waals surface area contributed by atoms with Gasteiger partial charge in [-0.3, -0.25) is 34.4 Å². The Balaban J connectivity index is 0.634. The average molecular weight is 860 g/mol. The van der Waals surface area contributed by atoms with Crippen LogP contribution in [0.1, 0.15) is 142 Å². The number of fused-ring (bicyclic) bond motifs is 7. The van der Waals surface area contributed by atoms with Crippen LogP contribution in [0.15, 0.2) is 54.9 Å². The Hall–Kier alpha value is -4.19. The van der Waals surface area contributed by atoms with Gasteiger partial charge in [0.15, 0.2) is 0 Å². The van der Waals surface area contributed by atoms with Crippen molar-refractivity contribution in [3.63, 3.8) is 0 Å². The van der Waals surface area contributed by atoms with E-state index in [2.05, 4.69) is 65.7 Å². The minimum absolute atomic E-state index is 0.0876. The second kappa shape index (κ2) is 18.7. The highest BCUT2D eigenvalue weighted by atomic mass is 16.5. The first-order valence-corrected chi connectivity index (χ1v) is 24.3. The minimum Gasteiger partial charge on any atom is -0.382 e. The Morgan fingerprint density at radius 1 is 0.810 bits per heavy atom. The summed E-state index contributed by atoms with van der Waals surface area (Å²) < 4.78 is 11.6. The molecule has 4 saturated carbocycles. The van der Waals surface area contributed by atoms with Crippen LogP contribution in [0.25, 0.3) is 10.8 Å². The van der Waals surface area contributed by atoms with Crippen molar-refractivity contribution in [2.45, 2.75) is 128 Å². The molecule has 2 aliphatic heterocycles. The molecule has 1 aromatic heterocycles. The third-order valence-corrected chi connectivity index (χ3v) is 17.3. The van der Waals surface area contributed by atoms with Gasteiger partial charge in [-0.1, -0.05) is 44.9 Å². The van der Waals surface area contributed by atoms with Gasteiger partial charge in [0.1, 0.15) is 6.04 Å². The molecule has 11 nitrogen and oxygen atoms in total. The molecule has 3 unspecified atom stereocenters. The number of hydrogen-bond acceptors (Lipinski definition) is 9. The molecule has 9 rings (SSSR count). The maximum atomic E-state index is 13.3. The summed E-state index contributed by atoms with van der Waals surface area (Å²) in [6, 6.07) is 14.1. The number of carbonyl (C=O) groups is 4. The van der Waals surface area contributed by atoms with E-state index in [1.165, 1.54) is 94.4 Å². The molecular formula is C52H69N5O6. The number of ether oxygens (including phenoxy) is 2. The molecule has 3 heterocycles. The zero-order valence-electron chi connectivity index (χ0n) is 37.9. The van der Waals surface area contributed by atoms with Crippen LogP contribution in [0.2, 0.25) is 0 Å². The zero-order chi connectivity index (χ0) is 43.7. The van der Waals surface area contributed by atoms with E-state index in [9.17, 15) is 19.2 Å². The van der Waals surface area contributed by atoms with Crippen LogP contribution >= 0.6 is 0 Å². The van der Waals surface area contributed by atoms with Gasteiger partial charge in [0, 0.05) is 49.1 Å². The number of rotatable bonds is 17. The van der Waals surface area contributed by atoms with Crippen LogP contribution in [0, 0.1) is 34.5 Å². The van der Waals surface area contributed by atoms with Gasteiger partial charge >= 0.3 is 0 Å². The second-order valence-corrected chi connectivity index (χ2v) is 20.5. The molecule has 2 N–H and O–H groups in total. The molecule has 3 aromatic rings. The Bertz CT molecular complexity index is 2180. The highest BCUT2D eigenvalue weighted by Gasteiger charge is 2.60. The molecule has 9 atom stereocenters. The average Bonchev–Trinajstić information content (AvgIpc) is 3.77. The Morgan fingerprint density at radius 3 is 2.48 bits per heavy atom. The molecule has 6 aliphatic rings. The first kappa shape index (κ1) is 44.0.